The minimum absolute atomic E-state index is 0. The molecule has 6 nitrogen and oxygen atoms in total. The minimum Gasteiger partial charge on any atom is -0.467 e. The molecule has 1 unspecified atom stereocenters. The molecule has 0 radical (unpaired) electrons. The summed E-state index contributed by atoms with van der Waals surface area (Å²) in [6.45, 7) is 7.79. The maximum atomic E-state index is 5.35. The lowest BCUT2D eigenvalue weighted by Gasteiger charge is -2.24. The molecule has 1 atom stereocenters. The first-order valence-electron chi connectivity index (χ1n) is 8.79. The molecule has 2 heterocycles. The molecule has 0 aromatic carbocycles. The number of hydrogen-bond acceptors (Lipinski definition) is 3. The van der Waals surface area contributed by atoms with E-state index in [0.29, 0.717) is 18.6 Å². The maximum absolute atomic E-state index is 5.35. The minimum atomic E-state index is 0. The number of aromatic nitrogens is 2. The number of fused-ring (bicyclic) bond motifs is 1. The van der Waals surface area contributed by atoms with Crippen molar-refractivity contribution in [2.75, 3.05) is 6.54 Å². The van der Waals surface area contributed by atoms with Gasteiger partial charge in [-0.1, -0.05) is 0 Å². The summed E-state index contributed by atoms with van der Waals surface area (Å²) in [4.78, 5) is 4.61. The van der Waals surface area contributed by atoms with E-state index in [4.69, 9.17) is 9.52 Å². The molecule has 1 aliphatic carbocycles. The van der Waals surface area contributed by atoms with E-state index in [1.54, 1.807) is 6.26 Å². The number of guanidine groups is 1. The molecule has 0 fully saturated rings. The zero-order valence-corrected chi connectivity index (χ0v) is 17.5. The Balaban J connectivity index is 0.00000225. The number of nitrogens with one attached hydrogen (secondary N) is 2. The van der Waals surface area contributed by atoms with Crippen molar-refractivity contribution in [3.8, 4) is 0 Å². The predicted octanol–water partition coefficient (Wildman–Crippen LogP) is 3.29. The first-order valence-corrected chi connectivity index (χ1v) is 8.79. The zero-order valence-electron chi connectivity index (χ0n) is 15.2. The molecule has 0 amide bonds. The topological polar surface area (TPSA) is 67.4 Å². The van der Waals surface area contributed by atoms with Crippen molar-refractivity contribution in [3.63, 3.8) is 0 Å². The lowest BCUT2D eigenvalue weighted by molar-refractivity contribution is 0.495. The predicted molar refractivity (Wildman–Crippen MR) is 110 cm³/mol. The van der Waals surface area contributed by atoms with Gasteiger partial charge in [-0.25, -0.2) is 4.99 Å². The van der Waals surface area contributed by atoms with Crippen LogP contribution in [-0.2, 0) is 19.4 Å². The summed E-state index contributed by atoms with van der Waals surface area (Å²) in [5, 5.41) is 11.6. The smallest absolute Gasteiger partial charge is 0.191 e. The molecule has 0 aliphatic heterocycles. The normalized spacial score (nSPS) is 17.1. The molecule has 138 valence electrons. The summed E-state index contributed by atoms with van der Waals surface area (Å²) in [6.07, 6.45) is 6.99. The number of halogens is 1. The summed E-state index contributed by atoms with van der Waals surface area (Å²) in [5.74, 6) is 1.71. The molecule has 7 heteroatoms. The van der Waals surface area contributed by atoms with Gasteiger partial charge < -0.3 is 15.1 Å². The van der Waals surface area contributed by atoms with Crippen molar-refractivity contribution in [2.45, 2.75) is 58.7 Å². The van der Waals surface area contributed by atoms with Crippen molar-refractivity contribution in [1.82, 2.24) is 20.4 Å². The van der Waals surface area contributed by atoms with Gasteiger partial charge >= 0.3 is 0 Å². The second-order valence-electron chi connectivity index (χ2n) is 6.53. The third-order valence-electron chi connectivity index (χ3n) is 4.28. The largest absolute Gasteiger partial charge is 0.467 e. The van der Waals surface area contributed by atoms with Crippen molar-refractivity contribution >= 4 is 29.9 Å². The van der Waals surface area contributed by atoms with Crippen LogP contribution in [0.15, 0.2) is 34.0 Å². The summed E-state index contributed by atoms with van der Waals surface area (Å²) in [7, 11) is 0. The Morgan fingerprint density at radius 2 is 2.32 bits per heavy atom. The molecule has 2 aromatic heterocycles. The molecule has 3 rings (SSSR count). The highest BCUT2D eigenvalue weighted by Gasteiger charge is 2.23. The van der Waals surface area contributed by atoms with Crippen LogP contribution in [-0.4, -0.2) is 28.3 Å². The Labute approximate surface area is 166 Å². The van der Waals surface area contributed by atoms with E-state index in [1.165, 1.54) is 11.3 Å². The summed E-state index contributed by atoms with van der Waals surface area (Å²) in [5.41, 5.74) is 2.61. The Morgan fingerprint density at radius 1 is 1.48 bits per heavy atom. The SMILES string of the molecule is CCNC(=NCc1ccco1)NC1CCc2cn(C(C)C)nc2C1.I. The Bertz CT molecular complexity index is 678. The number of hydrogen-bond donors (Lipinski definition) is 2. The highest BCUT2D eigenvalue weighted by molar-refractivity contribution is 14.0. The zero-order chi connectivity index (χ0) is 16.9. The average Bonchev–Trinajstić information content (AvgIpc) is 3.21. The van der Waals surface area contributed by atoms with Crippen LogP contribution in [0.2, 0.25) is 0 Å². The average molecular weight is 457 g/mol. The molecular weight excluding hydrogens is 429 g/mol. The summed E-state index contributed by atoms with van der Waals surface area (Å²) in [6, 6.07) is 4.61. The fourth-order valence-electron chi connectivity index (χ4n) is 2.97. The van der Waals surface area contributed by atoms with Crippen LogP contribution >= 0.6 is 24.0 Å². The Hall–Kier alpha value is -1.51. The number of aryl methyl sites for hydroxylation is 1. The summed E-state index contributed by atoms with van der Waals surface area (Å²) >= 11 is 0. The van der Waals surface area contributed by atoms with Gasteiger partial charge in [0.2, 0.25) is 0 Å². The van der Waals surface area contributed by atoms with E-state index in [2.05, 4.69) is 47.3 Å². The molecule has 2 N–H and O–H groups in total. The van der Waals surface area contributed by atoms with E-state index >= 15 is 0 Å². The lowest BCUT2D eigenvalue weighted by Crippen LogP contribution is -2.45. The standard InChI is InChI=1S/C18H27N5O.HI/c1-4-19-18(20-11-16-6-5-9-24-16)21-15-8-7-14-12-23(13(2)3)22-17(14)10-15;/h5-6,9,12-13,15H,4,7-8,10-11H2,1-3H3,(H2,19,20,21);1H. The van der Waals surface area contributed by atoms with Crippen LogP contribution < -0.4 is 10.6 Å². The Kier molecular flexibility index (Phi) is 7.34. The van der Waals surface area contributed by atoms with E-state index in [1.807, 2.05) is 12.1 Å². The van der Waals surface area contributed by atoms with Crippen LogP contribution in [0.5, 0.6) is 0 Å². The van der Waals surface area contributed by atoms with Gasteiger partial charge in [0.25, 0.3) is 0 Å². The van der Waals surface area contributed by atoms with Gasteiger partial charge in [-0.3, -0.25) is 4.68 Å². The molecule has 0 bridgehead atoms. The number of furan rings is 1. The second-order valence-corrected chi connectivity index (χ2v) is 6.53. The number of rotatable bonds is 5. The van der Waals surface area contributed by atoms with Crippen LogP contribution in [0.3, 0.4) is 0 Å². The fourth-order valence-corrected chi connectivity index (χ4v) is 2.97. The van der Waals surface area contributed by atoms with Gasteiger partial charge in [0.05, 0.1) is 12.0 Å². The molecule has 2 aromatic rings. The van der Waals surface area contributed by atoms with Gasteiger partial charge in [-0.2, -0.15) is 5.10 Å². The van der Waals surface area contributed by atoms with Crippen molar-refractivity contribution in [3.05, 3.63) is 41.6 Å². The van der Waals surface area contributed by atoms with Crippen molar-refractivity contribution < 1.29 is 4.42 Å². The van der Waals surface area contributed by atoms with Gasteiger partial charge in [0.1, 0.15) is 12.3 Å². The molecule has 0 spiro atoms. The van der Waals surface area contributed by atoms with E-state index in [0.717, 1.165) is 37.5 Å². The highest BCUT2D eigenvalue weighted by atomic mass is 127. The van der Waals surface area contributed by atoms with E-state index in [-0.39, 0.29) is 24.0 Å². The quantitative estimate of drug-likeness (QED) is 0.411. The van der Waals surface area contributed by atoms with Crippen molar-refractivity contribution in [2.24, 2.45) is 4.99 Å². The molecular formula is C18H28IN5O. The second kappa shape index (κ2) is 9.26. The molecule has 0 saturated heterocycles. The summed E-state index contributed by atoms with van der Waals surface area (Å²) < 4.78 is 7.42. The van der Waals surface area contributed by atoms with Gasteiger partial charge in [0, 0.05) is 31.2 Å². The fraction of sp³-hybridized carbons (Fsp3) is 0.556. The van der Waals surface area contributed by atoms with Gasteiger partial charge in [0.15, 0.2) is 5.96 Å². The lowest BCUT2D eigenvalue weighted by atomic mass is 9.94. The van der Waals surface area contributed by atoms with Gasteiger partial charge in [-0.05, 0) is 51.3 Å². The van der Waals surface area contributed by atoms with Gasteiger partial charge in [-0.15, -0.1) is 24.0 Å². The third-order valence-corrected chi connectivity index (χ3v) is 4.28. The van der Waals surface area contributed by atoms with Crippen LogP contribution in [0, 0.1) is 0 Å². The molecule has 1 aliphatic rings. The highest BCUT2D eigenvalue weighted by Crippen LogP contribution is 2.21. The number of nitrogens with zero attached hydrogens (tertiary/aromatic N) is 3. The first kappa shape index (κ1) is 19.8. The van der Waals surface area contributed by atoms with Crippen molar-refractivity contribution in [1.29, 1.82) is 0 Å². The first-order chi connectivity index (χ1) is 11.7. The number of aliphatic imine (C=N–C) groups is 1. The maximum Gasteiger partial charge on any atom is 0.191 e. The monoisotopic (exact) mass is 457 g/mol. The van der Waals surface area contributed by atoms with E-state index in [9.17, 15) is 0 Å². The third kappa shape index (κ3) is 5.23. The molecule has 25 heavy (non-hydrogen) atoms. The Morgan fingerprint density at radius 3 is 3.00 bits per heavy atom. The van der Waals surface area contributed by atoms with Crippen LogP contribution in [0.1, 0.15) is 50.3 Å². The van der Waals surface area contributed by atoms with Crippen LogP contribution in [0.25, 0.3) is 0 Å². The van der Waals surface area contributed by atoms with Crippen LogP contribution in [0.4, 0.5) is 0 Å². The molecule has 0 saturated carbocycles. The van der Waals surface area contributed by atoms with E-state index < -0.39 is 0 Å².